The van der Waals surface area contributed by atoms with Gasteiger partial charge in [-0.05, 0) is 42.4 Å². The van der Waals surface area contributed by atoms with Crippen molar-refractivity contribution in [3.63, 3.8) is 0 Å². The smallest absolute Gasteiger partial charge is 0.306 e. The van der Waals surface area contributed by atoms with Gasteiger partial charge in [0.1, 0.15) is 6.10 Å². The fourth-order valence-electron chi connectivity index (χ4n) is 4.14. The monoisotopic (exact) mass is 548 g/mol. The van der Waals surface area contributed by atoms with Gasteiger partial charge in [-0.1, -0.05) is 66.7 Å². The van der Waals surface area contributed by atoms with Crippen molar-refractivity contribution in [2.24, 2.45) is 5.10 Å². The number of ether oxygens (including phenoxy) is 1. The summed E-state index contributed by atoms with van der Waals surface area (Å²) in [6, 6.07) is 16.9. The van der Waals surface area contributed by atoms with E-state index in [1.54, 1.807) is 10.4 Å². The Kier molecular flexibility index (Phi) is 12.6. The Morgan fingerprint density at radius 1 is 0.950 bits per heavy atom. The Morgan fingerprint density at radius 3 is 2.33 bits per heavy atom. The highest BCUT2D eigenvalue weighted by Crippen LogP contribution is 2.22. The van der Waals surface area contributed by atoms with Gasteiger partial charge in [0, 0.05) is 32.2 Å². The lowest BCUT2D eigenvalue weighted by atomic mass is 10.1. The molecule has 0 saturated carbocycles. The number of hydroxylamine groups is 1. The minimum Gasteiger partial charge on any atom is -0.456 e. The van der Waals surface area contributed by atoms with Crippen molar-refractivity contribution in [3.05, 3.63) is 83.4 Å². The summed E-state index contributed by atoms with van der Waals surface area (Å²) in [5.74, 6) is -1.07. The van der Waals surface area contributed by atoms with Crippen molar-refractivity contribution >= 4 is 29.9 Å². The van der Waals surface area contributed by atoms with E-state index in [0.29, 0.717) is 45.1 Å². The molecule has 1 atom stereocenters. The summed E-state index contributed by atoms with van der Waals surface area (Å²) >= 11 is 0. The molecule has 2 aromatic rings. The largest absolute Gasteiger partial charge is 0.456 e. The van der Waals surface area contributed by atoms with Gasteiger partial charge in [0.25, 0.3) is 0 Å². The summed E-state index contributed by atoms with van der Waals surface area (Å²) < 4.78 is 5.81. The lowest BCUT2D eigenvalue weighted by Gasteiger charge is -2.28. The highest BCUT2D eigenvalue weighted by atomic mass is 16.5. The number of hydrogen-bond donors (Lipinski definition) is 3. The van der Waals surface area contributed by atoms with E-state index in [9.17, 15) is 19.2 Å². The van der Waals surface area contributed by atoms with E-state index in [1.807, 2.05) is 66.7 Å². The van der Waals surface area contributed by atoms with Crippen LogP contribution >= 0.6 is 0 Å². The number of carbonyl (C=O) groups is 4. The summed E-state index contributed by atoms with van der Waals surface area (Å²) in [7, 11) is 0. The molecule has 3 rings (SSSR count). The molecule has 0 fully saturated rings. The molecule has 3 amide bonds. The zero-order valence-corrected chi connectivity index (χ0v) is 22.5. The standard InChI is InChI=1S/C30H36N4O6/c35-27(12-8-9-13-28(36)33-39)32-31-20-23-16-18-24(19-17-23)21-34-22-26(25-10-4-3-5-11-25)40-30(38)15-7-2-1-6-14-29(34)37/h1-5,10-11,16-20,26,39H,6-9,12-15,21-22H2,(H,32,35)(H,33,36)/b2-1+,31-20+/t26-/m1/s1. The van der Waals surface area contributed by atoms with E-state index in [4.69, 9.17) is 9.94 Å². The van der Waals surface area contributed by atoms with Gasteiger partial charge in [-0.2, -0.15) is 5.10 Å². The molecule has 10 nitrogen and oxygen atoms in total. The van der Waals surface area contributed by atoms with Crippen molar-refractivity contribution in [1.29, 1.82) is 0 Å². The average Bonchev–Trinajstić information content (AvgIpc) is 2.96. The normalized spacial score (nSPS) is 17.4. The Hall–Kier alpha value is -4.31. The number of allylic oxidation sites excluding steroid dienone is 2. The SMILES string of the molecule is O=C(CCCCC(=O)N/N=C/c1ccc(CN2C[C@H](c3ccccc3)OC(=O)CC/C=C/CCC2=O)cc1)NO. The highest BCUT2D eigenvalue weighted by Gasteiger charge is 2.24. The molecule has 0 radical (unpaired) electrons. The van der Waals surface area contributed by atoms with Crippen LogP contribution in [0.1, 0.15) is 74.2 Å². The quantitative estimate of drug-likeness (QED) is 0.103. The van der Waals surface area contributed by atoms with Crippen LogP contribution in [-0.4, -0.2) is 46.6 Å². The fraction of sp³-hybridized carbons (Fsp3) is 0.367. The van der Waals surface area contributed by atoms with Gasteiger partial charge in [0.05, 0.1) is 12.8 Å². The van der Waals surface area contributed by atoms with Crippen molar-refractivity contribution in [2.45, 2.75) is 64.0 Å². The summed E-state index contributed by atoms with van der Waals surface area (Å²) in [5.41, 5.74) is 6.53. The molecule has 212 valence electrons. The molecule has 1 aliphatic heterocycles. The molecule has 1 aliphatic rings. The zero-order chi connectivity index (χ0) is 28.6. The molecule has 10 heteroatoms. The maximum absolute atomic E-state index is 13.2. The first kappa shape index (κ1) is 30.2. The summed E-state index contributed by atoms with van der Waals surface area (Å²) in [5, 5.41) is 12.4. The molecule has 0 bridgehead atoms. The van der Waals surface area contributed by atoms with Crippen molar-refractivity contribution in [2.75, 3.05) is 6.54 Å². The number of carbonyl (C=O) groups excluding carboxylic acids is 4. The molecule has 3 N–H and O–H groups in total. The number of nitrogens with zero attached hydrogens (tertiary/aromatic N) is 2. The van der Waals surface area contributed by atoms with Gasteiger partial charge in [-0.3, -0.25) is 24.4 Å². The van der Waals surface area contributed by atoms with Crippen LogP contribution in [0.2, 0.25) is 0 Å². The van der Waals surface area contributed by atoms with E-state index in [0.717, 1.165) is 16.7 Å². The molecule has 0 aliphatic carbocycles. The second-order valence-corrected chi connectivity index (χ2v) is 9.49. The van der Waals surface area contributed by atoms with Gasteiger partial charge in [-0.25, -0.2) is 10.9 Å². The van der Waals surface area contributed by atoms with Crippen molar-refractivity contribution in [3.8, 4) is 0 Å². The topological polar surface area (TPSA) is 137 Å². The first-order valence-corrected chi connectivity index (χ1v) is 13.5. The van der Waals surface area contributed by atoms with E-state index in [-0.39, 0.29) is 37.2 Å². The Bertz CT molecular complexity index is 1180. The maximum Gasteiger partial charge on any atom is 0.306 e. The third-order valence-electron chi connectivity index (χ3n) is 6.33. The second-order valence-electron chi connectivity index (χ2n) is 9.49. The predicted molar refractivity (Wildman–Crippen MR) is 149 cm³/mol. The number of hydrazone groups is 1. The van der Waals surface area contributed by atoms with Gasteiger partial charge < -0.3 is 9.64 Å². The number of esters is 1. The zero-order valence-electron chi connectivity index (χ0n) is 22.5. The van der Waals surface area contributed by atoms with E-state index < -0.39 is 12.0 Å². The van der Waals surface area contributed by atoms with Crippen LogP contribution in [0.5, 0.6) is 0 Å². The van der Waals surface area contributed by atoms with Crippen LogP contribution < -0.4 is 10.9 Å². The molecule has 40 heavy (non-hydrogen) atoms. The van der Waals surface area contributed by atoms with Crippen molar-refractivity contribution in [1.82, 2.24) is 15.8 Å². The van der Waals surface area contributed by atoms with Crippen molar-refractivity contribution < 1.29 is 29.1 Å². The predicted octanol–water partition coefficient (Wildman–Crippen LogP) is 3.95. The number of rotatable bonds is 10. The third-order valence-corrected chi connectivity index (χ3v) is 6.33. The van der Waals surface area contributed by atoms with Gasteiger partial charge in [-0.15, -0.1) is 0 Å². The third kappa shape index (κ3) is 10.8. The number of cyclic esters (lactones) is 1. The number of amides is 3. The van der Waals surface area contributed by atoms with Crippen LogP contribution in [0.25, 0.3) is 0 Å². The number of unbranched alkanes of at least 4 members (excludes halogenated alkanes) is 1. The maximum atomic E-state index is 13.2. The first-order valence-electron chi connectivity index (χ1n) is 13.5. The van der Waals surface area contributed by atoms with Gasteiger partial charge >= 0.3 is 5.97 Å². The lowest BCUT2D eigenvalue weighted by molar-refractivity contribution is -0.152. The lowest BCUT2D eigenvalue weighted by Crippen LogP contribution is -2.35. The van der Waals surface area contributed by atoms with E-state index >= 15 is 0 Å². The van der Waals surface area contributed by atoms with Crippen LogP contribution in [0.15, 0.2) is 71.9 Å². The molecular formula is C30H36N4O6. The molecule has 1 heterocycles. The van der Waals surface area contributed by atoms with E-state index in [2.05, 4.69) is 10.5 Å². The van der Waals surface area contributed by atoms with Gasteiger partial charge in [0.2, 0.25) is 17.7 Å². The van der Waals surface area contributed by atoms with Crippen LogP contribution in [-0.2, 0) is 30.5 Å². The number of benzene rings is 2. The minimum absolute atomic E-state index is 0.0208. The molecule has 0 aromatic heterocycles. The van der Waals surface area contributed by atoms with Crippen LogP contribution in [0.3, 0.4) is 0 Å². The number of hydrogen-bond acceptors (Lipinski definition) is 7. The molecular weight excluding hydrogens is 512 g/mol. The summed E-state index contributed by atoms with van der Waals surface area (Å²) in [4.78, 5) is 50.2. The molecule has 0 spiro atoms. The minimum atomic E-state index is -0.567. The van der Waals surface area contributed by atoms with Crippen LogP contribution in [0.4, 0.5) is 0 Å². The molecule has 0 unspecified atom stereocenters. The summed E-state index contributed by atoms with van der Waals surface area (Å²) in [6.07, 6.45) is 8.01. The van der Waals surface area contributed by atoms with E-state index in [1.165, 1.54) is 6.21 Å². The number of nitrogens with one attached hydrogen (secondary N) is 2. The fourth-order valence-corrected chi connectivity index (χ4v) is 4.14. The molecule has 0 saturated heterocycles. The van der Waals surface area contributed by atoms with Gasteiger partial charge in [0.15, 0.2) is 0 Å². The Balaban J connectivity index is 1.61. The Labute approximate surface area is 234 Å². The second kappa shape index (κ2) is 16.6. The average molecular weight is 549 g/mol. The Morgan fingerprint density at radius 2 is 1.62 bits per heavy atom. The van der Waals surface area contributed by atoms with Crippen LogP contribution in [0, 0.1) is 0 Å². The summed E-state index contributed by atoms with van der Waals surface area (Å²) in [6.45, 7) is 0.601. The molecule has 2 aromatic carbocycles. The highest BCUT2D eigenvalue weighted by molar-refractivity contribution is 5.82. The first-order chi connectivity index (χ1) is 19.4.